The third kappa shape index (κ3) is 3.49. The summed E-state index contributed by atoms with van der Waals surface area (Å²) in [5, 5.41) is 19.0. The second-order valence-corrected chi connectivity index (χ2v) is 4.56. The molecule has 3 nitrogen and oxygen atoms in total. The van der Waals surface area contributed by atoms with Crippen LogP contribution in [0.5, 0.6) is 5.75 Å². The summed E-state index contributed by atoms with van der Waals surface area (Å²) >= 11 is 0. The van der Waals surface area contributed by atoms with Crippen molar-refractivity contribution in [3.8, 4) is 5.75 Å². The summed E-state index contributed by atoms with van der Waals surface area (Å²) in [6.07, 6.45) is 5.81. The minimum Gasteiger partial charge on any atom is -0.508 e. The van der Waals surface area contributed by atoms with Crippen LogP contribution >= 0.6 is 0 Å². The summed E-state index contributed by atoms with van der Waals surface area (Å²) in [4.78, 5) is 11.2. The number of unbranched alkanes of at least 4 members (excludes halogenated alkanes) is 3. The maximum Gasteiger partial charge on any atom is 0.335 e. The SMILES string of the molecule is CCCCCCc1c(C(=O)O)ccc(O)c1CC. The molecule has 2 N–H and O–H groups in total. The molecule has 0 saturated heterocycles. The van der Waals surface area contributed by atoms with Gasteiger partial charge in [0.05, 0.1) is 5.56 Å². The van der Waals surface area contributed by atoms with Gasteiger partial charge in [0, 0.05) is 0 Å². The van der Waals surface area contributed by atoms with E-state index in [0.29, 0.717) is 12.0 Å². The smallest absolute Gasteiger partial charge is 0.335 e. The molecule has 0 atom stereocenters. The Morgan fingerprint density at radius 2 is 1.83 bits per heavy atom. The molecule has 0 unspecified atom stereocenters. The number of carboxylic acids is 1. The number of carbonyl (C=O) groups is 1. The van der Waals surface area contributed by atoms with Crippen LogP contribution < -0.4 is 0 Å². The quantitative estimate of drug-likeness (QED) is 0.724. The lowest BCUT2D eigenvalue weighted by Gasteiger charge is -2.13. The van der Waals surface area contributed by atoms with E-state index >= 15 is 0 Å². The van der Waals surface area contributed by atoms with Gasteiger partial charge in [-0.1, -0.05) is 33.1 Å². The summed E-state index contributed by atoms with van der Waals surface area (Å²) in [7, 11) is 0. The van der Waals surface area contributed by atoms with Crippen molar-refractivity contribution in [3.05, 3.63) is 28.8 Å². The largest absolute Gasteiger partial charge is 0.508 e. The van der Waals surface area contributed by atoms with Crippen LogP contribution in [0.25, 0.3) is 0 Å². The number of aromatic carboxylic acids is 1. The Kier molecular flexibility index (Phi) is 5.69. The van der Waals surface area contributed by atoms with Gasteiger partial charge in [0.1, 0.15) is 5.75 Å². The lowest BCUT2D eigenvalue weighted by molar-refractivity contribution is 0.0695. The predicted molar refractivity (Wildman–Crippen MR) is 72.3 cm³/mol. The Hall–Kier alpha value is -1.51. The first kappa shape index (κ1) is 14.6. The molecule has 3 heteroatoms. The van der Waals surface area contributed by atoms with Gasteiger partial charge in [-0.2, -0.15) is 0 Å². The van der Waals surface area contributed by atoms with Crippen LogP contribution in [-0.2, 0) is 12.8 Å². The summed E-state index contributed by atoms with van der Waals surface area (Å²) in [6, 6.07) is 2.99. The van der Waals surface area contributed by atoms with Gasteiger partial charge in [-0.25, -0.2) is 4.79 Å². The molecule has 1 aromatic rings. The summed E-state index contributed by atoms with van der Waals surface area (Å²) in [6.45, 7) is 4.09. The zero-order valence-corrected chi connectivity index (χ0v) is 11.2. The van der Waals surface area contributed by atoms with Gasteiger partial charge >= 0.3 is 5.97 Å². The lowest BCUT2D eigenvalue weighted by atomic mass is 9.93. The maximum atomic E-state index is 11.2. The summed E-state index contributed by atoms with van der Waals surface area (Å²) in [5.74, 6) is -0.691. The van der Waals surface area contributed by atoms with E-state index in [1.807, 2.05) is 6.92 Å². The molecule has 0 heterocycles. The second kappa shape index (κ2) is 7.04. The number of hydrogen-bond donors (Lipinski definition) is 2. The average Bonchev–Trinajstić information content (AvgIpc) is 2.34. The molecule has 0 radical (unpaired) electrons. The zero-order chi connectivity index (χ0) is 13.5. The van der Waals surface area contributed by atoms with Crippen molar-refractivity contribution in [1.29, 1.82) is 0 Å². The van der Waals surface area contributed by atoms with Gasteiger partial charge in [0.25, 0.3) is 0 Å². The number of phenols is 1. The monoisotopic (exact) mass is 250 g/mol. The minimum absolute atomic E-state index is 0.216. The van der Waals surface area contributed by atoms with E-state index in [2.05, 4.69) is 6.92 Å². The third-order valence-corrected chi connectivity index (χ3v) is 3.27. The molecule has 0 fully saturated rings. The number of phenolic OH excluding ortho intramolecular Hbond substituents is 1. The van der Waals surface area contributed by atoms with Crippen molar-refractivity contribution in [2.24, 2.45) is 0 Å². The molecule has 1 aromatic carbocycles. The second-order valence-electron chi connectivity index (χ2n) is 4.56. The van der Waals surface area contributed by atoms with Crippen molar-refractivity contribution in [2.45, 2.75) is 52.4 Å². The first-order chi connectivity index (χ1) is 8.61. The highest BCUT2D eigenvalue weighted by Gasteiger charge is 2.15. The Balaban J connectivity index is 2.96. The molecule has 1 rings (SSSR count). The van der Waals surface area contributed by atoms with Crippen LogP contribution in [0, 0.1) is 0 Å². The fraction of sp³-hybridized carbons (Fsp3) is 0.533. The first-order valence-corrected chi connectivity index (χ1v) is 6.68. The van der Waals surface area contributed by atoms with Crippen molar-refractivity contribution >= 4 is 5.97 Å². The Morgan fingerprint density at radius 1 is 1.11 bits per heavy atom. The van der Waals surface area contributed by atoms with E-state index in [1.54, 1.807) is 0 Å². The standard InChI is InChI=1S/C15H22O3/c1-3-5-6-7-8-12-11(4-2)14(16)10-9-13(12)15(17)18/h9-10,16H,3-8H2,1-2H3,(H,17,18). The van der Waals surface area contributed by atoms with Crippen LogP contribution in [-0.4, -0.2) is 16.2 Å². The summed E-state index contributed by atoms with van der Waals surface area (Å²) in [5.41, 5.74) is 1.92. The number of benzene rings is 1. The van der Waals surface area contributed by atoms with Crippen LogP contribution in [0.4, 0.5) is 0 Å². The molecule has 0 aromatic heterocycles. The van der Waals surface area contributed by atoms with Gasteiger partial charge in [-0.3, -0.25) is 0 Å². The van der Waals surface area contributed by atoms with Gasteiger partial charge in [-0.15, -0.1) is 0 Å². The molecular weight excluding hydrogens is 228 g/mol. The van der Waals surface area contributed by atoms with Crippen LogP contribution in [0.15, 0.2) is 12.1 Å². The molecule has 0 aliphatic rings. The maximum absolute atomic E-state index is 11.2. The predicted octanol–water partition coefficient (Wildman–Crippen LogP) is 3.78. The van der Waals surface area contributed by atoms with E-state index in [0.717, 1.165) is 36.8 Å². The lowest BCUT2D eigenvalue weighted by Crippen LogP contribution is -2.06. The van der Waals surface area contributed by atoms with Crippen LogP contribution in [0.2, 0.25) is 0 Å². The number of hydrogen-bond acceptors (Lipinski definition) is 2. The zero-order valence-electron chi connectivity index (χ0n) is 11.2. The highest BCUT2D eigenvalue weighted by Crippen LogP contribution is 2.27. The molecule has 0 aliphatic carbocycles. The Labute approximate surface area is 108 Å². The molecular formula is C15H22O3. The number of carboxylic acid groups (broad SMARTS) is 1. The van der Waals surface area contributed by atoms with Crippen molar-refractivity contribution in [2.75, 3.05) is 0 Å². The Bertz CT molecular complexity index is 410. The average molecular weight is 250 g/mol. The highest BCUT2D eigenvalue weighted by molar-refractivity contribution is 5.90. The molecule has 0 amide bonds. The number of rotatable bonds is 7. The normalized spacial score (nSPS) is 10.6. The van der Waals surface area contributed by atoms with Gasteiger partial charge in [-0.05, 0) is 42.5 Å². The molecule has 0 aliphatic heterocycles. The van der Waals surface area contributed by atoms with Crippen molar-refractivity contribution in [3.63, 3.8) is 0 Å². The molecule has 0 saturated carbocycles. The fourth-order valence-electron chi connectivity index (χ4n) is 2.29. The highest BCUT2D eigenvalue weighted by atomic mass is 16.4. The minimum atomic E-state index is -0.907. The van der Waals surface area contributed by atoms with E-state index in [-0.39, 0.29) is 5.75 Å². The van der Waals surface area contributed by atoms with Crippen LogP contribution in [0.3, 0.4) is 0 Å². The Morgan fingerprint density at radius 3 is 2.39 bits per heavy atom. The van der Waals surface area contributed by atoms with E-state index < -0.39 is 5.97 Å². The molecule has 18 heavy (non-hydrogen) atoms. The molecule has 100 valence electrons. The van der Waals surface area contributed by atoms with E-state index in [4.69, 9.17) is 0 Å². The van der Waals surface area contributed by atoms with Gasteiger partial charge in [0.15, 0.2) is 0 Å². The van der Waals surface area contributed by atoms with Crippen molar-refractivity contribution < 1.29 is 15.0 Å². The van der Waals surface area contributed by atoms with Gasteiger partial charge < -0.3 is 10.2 Å². The molecule has 0 bridgehead atoms. The fourth-order valence-corrected chi connectivity index (χ4v) is 2.29. The van der Waals surface area contributed by atoms with E-state index in [1.165, 1.54) is 18.6 Å². The molecule has 0 spiro atoms. The van der Waals surface area contributed by atoms with Crippen molar-refractivity contribution in [1.82, 2.24) is 0 Å². The van der Waals surface area contributed by atoms with Gasteiger partial charge in [0.2, 0.25) is 0 Å². The third-order valence-electron chi connectivity index (χ3n) is 3.27. The number of aromatic hydroxyl groups is 1. The summed E-state index contributed by atoms with van der Waals surface area (Å²) < 4.78 is 0. The van der Waals surface area contributed by atoms with Crippen LogP contribution in [0.1, 0.15) is 61.0 Å². The topological polar surface area (TPSA) is 57.5 Å². The van der Waals surface area contributed by atoms with E-state index in [9.17, 15) is 15.0 Å². The first-order valence-electron chi connectivity index (χ1n) is 6.68.